The molecule has 0 spiro atoms. The predicted octanol–water partition coefficient (Wildman–Crippen LogP) is 3.93. The molecule has 0 atom stereocenters. The van der Waals surface area contributed by atoms with Crippen LogP contribution in [-0.2, 0) is 21.4 Å². The molecule has 0 saturated heterocycles. The van der Waals surface area contributed by atoms with Gasteiger partial charge in [0.1, 0.15) is 5.82 Å². The summed E-state index contributed by atoms with van der Waals surface area (Å²) in [4.78, 5) is 12.5. The van der Waals surface area contributed by atoms with E-state index in [4.69, 9.17) is 0 Å². The fourth-order valence-electron chi connectivity index (χ4n) is 2.68. The lowest BCUT2D eigenvalue weighted by Gasteiger charge is -2.21. The zero-order chi connectivity index (χ0) is 22.3. The summed E-state index contributed by atoms with van der Waals surface area (Å²) >= 11 is 3.35. The lowest BCUT2D eigenvalue weighted by Crippen LogP contribution is -2.39. The normalized spacial score (nSPS) is 11.7. The molecule has 1 amide bonds. The quantitative estimate of drug-likeness (QED) is 0.373. The Morgan fingerprint density at radius 3 is 2.29 bits per heavy atom. The van der Waals surface area contributed by atoms with Crippen molar-refractivity contribution >= 4 is 38.1 Å². The third-order valence-electron chi connectivity index (χ3n) is 4.25. The van der Waals surface area contributed by atoms with Crippen molar-refractivity contribution in [1.82, 2.24) is 9.73 Å². The van der Waals surface area contributed by atoms with Gasteiger partial charge >= 0.3 is 0 Å². The summed E-state index contributed by atoms with van der Waals surface area (Å²) in [5.74, 6) is -0.981. The van der Waals surface area contributed by atoms with Gasteiger partial charge in [0.15, 0.2) is 0 Å². The highest BCUT2D eigenvalue weighted by Gasteiger charge is 2.26. The van der Waals surface area contributed by atoms with Crippen LogP contribution in [0.15, 0.2) is 93.3 Å². The van der Waals surface area contributed by atoms with Crippen molar-refractivity contribution < 1.29 is 17.6 Å². The second-order valence-corrected chi connectivity index (χ2v) is 9.41. The molecule has 0 bridgehead atoms. The summed E-state index contributed by atoms with van der Waals surface area (Å²) in [5.41, 5.74) is 3.63. The molecule has 0 aromatic heterocycles. The molecule has 160 valence electrons. The molecule has 0 fully saturated rings. The molecule has 0 aliphatic heterocycles. The van der Waals surface area contributed by atoms with E-state index in [1.165, 1.54) is 42.6 Å². The summed E-state index contributed by atoms with van der Waals surface area (Å²) in [6.07, 6.45) is 1.35. The van der Waals surface area contributed by atoms with Gasteiger partial charge in [0, 0.05) is 11.0 Å². The van der Waals surface area contributed by atoms with Crippen LogP contribution in [0.3, 0.4) is 0 Å². The number of amides is 1. The minimum atomic E-state index is -3.92. The van der Waals surface area contributed by atoms with Gasteiger partial charge in [-0.15, -0.1) is 0 Å². The van der Waals surface area contributed by atoms with Crippen LogP contribution in [-0.4, -0.2) is 31.4 Å². The SMILES string of the molecule is O=C(CN(Cc1ccc(Br)cc1)S(=O)(=O)c1ccccc1)N/N=C\c1ccc(F)cc1. The number of nitrogens with one attached hydrogen (secondary N) is 1. The first kappa shape index (κ1) is 22.8. The average Bonchev–Trinajstić information content (AvgIpc) is 2.77. The maximum atomic E-state index is 13.1. The molecular formula is C22H19BrFN3O3S. The number of hydrogen-bond acceptors (Lipinski definition) is 4. The van der Waals surface area contributed by atoms with Crippen LogP contribution < -0.4 is 5.43 Å². The highest BCUT2D eigenvalue weighted by molar-refractivity contribution is 9.10. The largest absolute Gasteiger partial charge is 0.272 e. The maximum absolute atomic E-state index is 13.1. The number of hydrogen-bond donors (Lipinski definition) is 1. The van der Waals surface area contributed by atoms with Crippen LogP contribution >= 0.6 is 15.9 Å². The third-order valence-corrected chi connectivity index (χ3v) is 6.58. The molecule has 0 unspecified atom stereocenters. The van der Waals surface area contributed by atoms with E-state index in [9.17, 15) is 17.6 Å². The summed E-state index contributed by atoms with van der Waals surface area (Å²) in [7, 11) is -3.92. The molecule has 3 aromatic rings. The molecule has 6 nitrogen and oxygen atoms in total. The molecule has 31 heavy (non-hydrogen) atoms. The van der Waals surface area contributed by atoms with E-state index in [1.54, 1.807) is 42.5 Å². The molecular weight excluding hydrogens is 485 g/mol. The van der Waals surface area contributed by atoms with E-state index in [-0.39, 0.29) is 17.3 Å². The highest BCUT2D eigenvalue weighted by atomic mass is 79.9. The fourth-order valence-corrected chi connectivity index (χ4v) is 4.35. The lowest BCUT2D eigenvalue weighted by molar-refractivity contribution is -0.121. The monoisotopic (exact) mass is 503 g/mol. The van der Waals surface area contributed by atoms with Gasteiger partial charge in [-0.3, -0.25) is 4.79 Å². The van der Waals surface area contributed by atoms with Gasteiger partial charge in [-0.1, -0.05) is 58.4 Å². The maximum Gasteiger partial charge on any atom is 0.255 e. The average molecular weight is 504 g/mol. The van der Waals surface area contributed by atoms with E-state index in [2.05, 4.69) is 26.5 Å². The molecule has 1 N–H and O–H groups in total. The number of carbonyl (C=O) groups excluding carboxylic acids is 1. The standard InChI is InChI=1S/C22H19BrFN3O3S/c23-19-10-6-18(7-11-19)15-27(31(29,30)21-4-2-1-3-5-21)16-22(28)26-25-14-17-8-12-20(24)13-9-17/h1-14H,15-16H2,(H,26,28)/b25-14-. The van der Waals surface area contributed by atoms with Gasteiger partial charge in [-0.05, 0) is 47.5 Å². The van der Waals surface area contributed by atoms with Gasteiger partial charge in [-0.2, -0.15) is 9.41 Å². The Labute approximate surface area is 188 Å². The molecule has 3 rings (SSSR count). The number of nitrogens with zero attached hydrogens (tertiary/aromatic N) is 2. The third kappa shape index (κ3) is 6.55. The second kappa shape index (κ2) is 10.4. The van der Waals surface area contributed by atoms with Gasteiger partial charge < -0.3 is 0 Å². The van der Waals surface area contributed by atoms with Crippen molar-refractivity contribution in [3.8, 4) is 0 Å². The molecule has 0 saturated carbocycles. The minimum absolute atomic E-state index is 0.0135. The van der Waals surface area contributed by atoms with E-state index in [0.29, 0.717) is 5.56 Å². The summed E-state index contributed by atoms with van der Waals surface area (Å²) in [6, 6.07) is 20.6. The van der Waals surface area contributed by atoms with E-state index in [1.807, 2.05) is 0 Å². The first-order valence-electron chi connectivity index (χ1n) is 9.22. The number of sulfonamides is 1. The van der Waals surface area contributed by atoms with E-state index < -0.39 is 22.5 Å². The Hall–Kier alpha value is -2.88. The van der Waals surface area contributed by atoms with Crippen molar-refractivity contribution in [2.45, 2.75) is 11.4 Å². The first-order chi connectivity index (χ1) is 14.8. The zero-order valence-corrected chi connectivity index (χ0v) is 18.7. The Balaban J connectivity index is 1.76. The number of hydrazone groups is 1. The van der Waals surface area contributed by atoms with Gasteiger partial charge in [0.25, 0.3) is 5.91 Å². The van der Waals surface area contributed by atoms with Crippen molar-refractivity contribution in [2.75, 3.05) is 6.54 Å². The van der Waals surface area contributed by atoms with Crippen LogP contribution in [0.5, 0.6) is 0 Å². The summed E-state index contributed by atoms with van der Waals surface area (Å²) in [5, 5.41) is 3.82. The predicted molar refractivity (Wildman–Crippen MR) is 120 cm³/mol. The minimum Gasteiger partial charge on any atom is -0.272 e. The molecule has 9 heteroatoms. The number of halogens is 2. The molecule has 0 heterocycles. The summed E-state index contributed by atoms with van der Waals surface area (Å²) < 4.78 is 41.2. The van der Waals surface area contributed by atoms with E-state index in [0.717, 1.165) is 14.3 Å². The Morgan fingerprint density at radius 2 is 1.65 bits per heavy atom. The molecule has 0 radical (unpaired) electrons. The van der Waals surface area contributed by atoms with Crippen LogP contribution in [0.1, 0.15) is 11.1 Å². The van der Waals surface area contributed by atoms with Crippen LogP contribution in [0.4, 0.5) is 4.39 Å². The lowest BCUT2D eigenvalue weighted by atomic mass is 10.2. The van der Waals surface area contributed by atoms with Crippen molar-refractivity contribution in [1.29, 1.82) is 0 Å². The van der Waals surface area contributed by atoms with Crippen LogP contribution in [0, 0.1) is 5.82 Å². The van der Waals surface area contributed by atoms with Gasteiger partial charge in [0.2, 0.25) is 10.0 Å². The topological polar surface area (TPSA) is 78.8 Å². The summed E-state index contributed by atoms with van der Waals surface area (Å²) in [6.45, 7) is -0.409. The fraction of sp³-hybridized carbons (Fsp3) is 0.0909. The Morgan fingerprint density at radius 1 is 1.00 bits per heavy atom. The van der Waals surface area contributed by atoms with Crippen molar-refractivity contribution in [3.05, 3.63) is 100 Å². The Bertz CT molecular complexity index is 1150. The molecule has 0 aliphatic carbocycles. The highest BCUT2D eigenvalue weighted by Crippen LogP contribution is 2.19. The second-order valence-electron chi connectivity index (χ2n) is 6.56. The zero-order valence-electron chi connectivity index (χ0n) is 16.3. The van der Waals surface area contributed by atoms with Gasteiger partial charge in [-0.25, -0.2) is 18.2 Å². The number of benzene rings is 3. The molecule has 3 aromatic carbocycles. The molecule has 0 aliphatic rings. The first-order valence-corrected chi connectivity index (χ1v) is 11.4. The van der Waals surface area contributed by atoms with Crippen LogP contribution in [0.2, 0.25) is 0 Å². The Kier molecular flexibility index (Phi) is 7.67. The van der Waals surface area contributed by atoms with E-state index >= 15 is 0 Å². The van der Waals surface area contributed by atoms with Gasteiger partial charge in [0.05, 0.1) is 17.7 Å². The smallest absolute Gasteiger partial charge is 0.255 e. The van der Waals surface area contributed by atoms with Crippen molar-refractivity contribution in [2.24, 2.45) is 5.10 Å². The number of rotatable bonds is 8. The number of carbonyl (C=O) groups is 1. The van der Waals surface area contributed by atoms with Crippen molar-refractivity contribution in [3.63, 3.8) is 0 Å². The van der Waals surface area contributed by atoms with Crippen LogP contribution in [0.25, 0.3) is 0 Å².